The Balaban J connectivity index is 2.07. The number of hydrogen-bond donors (Lipinski definition) is 0. The highest BCUT2D eigenvalue weighted by atomic mass is 79.9. The number of hydrogen-bond acceptors (Lipinski definition) is 3. The number of carbonyl (C=O) groups excluding carboxylic acids is 1. The molecule has 1 heterocycles. The molecule has 0 saturated carbocycles. The monoisotopic (exact) mass is 318 g/mol. The minimum Gasteiger partial charge on any atom is -0.373 e. The zero-order chi connectivity index (χ0) is 12.5. The van der Waals surface area contributed by atoms with Crippen molar-refractivity contribution in [1.82, 2.24) is 0 Å². The van der Waals surface area contributed by atoms with Gasteiger partial charge in [0, 0.05) is 11.1 Å². The van der Waals surface area contributed by atoms with Crippen LogP contribution in [0.3, 0.4) is 0 Å². The molecule has 0 aliphatic carbocycles. The average molecular weight is 319 g/mol. The van der Waals surface area contributed by atoms with Crippen LogP contribution in [0.5, 0.6) is 0 Å². The van der Waals surface area contributed by atoms with Crippen molar-refractivity contribution in [3.05, 3.63) is 20.8 Å². The summed E-state index contributed by atoms with van der Waals surface area (Å²) in [5.41, 5.74) is 0. The lowest BCUT2D eigenvalue weighted by Gasteiger charge is -2.03. The Labute approximate surface area is 115 Å². The Morgan fingerprint density at radius 2 is 2.12 bits per heavy atom. The van der Waals surface area contributed by atoms with Crippen molar-refractivity contribution in [3.8, 4) is 0 Å². The van der Waals surface area contributed by atoms with E-state index < -0.39 is 0 Å². The molecule has 0 aliphatic rings. The van der Waals surface area contributed by atoms with E-state index in [2.05, 4.69) is 22.9 Å². The zero-order valence-electron chi connectivity index (χ0n) is 10.2. The summed E-state index contributed by atoms with van der Waals surface area (Å²) in [6.45, 7) is 3.10. The van der Waals surface area contributed by atoms with E-state index in [1.807, 2.05) is 11.4 Å². The third-order valence-electron chi connectivity index (χ3n) is 2.50. The van der Waals surface area contributed by atoms with Crippen molar-refractivity contribution >= 4 is 33.0 Å². The lowest BCUT2D eigenvalue weighted by atomic mass is 10.2. The van der Waals surface area contributed by atoms with Gasteiger partial charge in [0.2, 0.25) is 0 Å². The molecule has 4 heteroatoms. The van der Waals surface area contributed by atoms with Crippen LogP contribution in [-0.2, 0) is 4.74 Å². The van der Waals surface area contributed by atoms with Crippen LogP contribution in [-0.4, -0.2) is 19.0 Å². The van der Waals surface area contributed by atoms with Gasteiger partial charge in [-0.25, -0.2) is 0 Å². The number of ketones is 1. The minimum absolute atomic E-state index is 0.0698. The van der Waals surface area contributed by atoms with Gasteiger partial charge in [0.05, 0.1) is 4.88 Å². The molecule has 0 aromatic carbocycles. The molecule has 1 aromatic heterocycles. The van der Waals surface area contributed by atoms with Gasteiger partial charge in [-0.15, -0.1) is 11.3 Å². The molecule has 0 spiro atoms. The highest BCUT2D eigenvalue weighted by Crippen LogP contribution is 2.23. The maximum atomic E-state index is 11.7. The highest BCUT2D eigenvalue weighted by molar-refractivity contribution is 9.10. The van der Waals surface area contributed by atoms with Crippen LogP contribution in [0.2, 0.25) is 0 Å². The van der Waals surface area contributed by atoms with Gasteiger partial charge in [0.15, 0.2) is 5.78 Å². The van der Waals surface area contributed by atoms with Crippen molar-refractivity contribution in [2.75, 3.05) is 13.2 Å². The number of ether oxygens (including phenoxy) is 1. The second kappa shape index (κ2) is 8.84. The molecule has 0 aliphatic heterocycles. The van der Waals surface area contributed by atoms with Gasteiger partial charge in [0.1, 0.15) is 6.61 Å². The van der Waals surface area contributed by atoms with Crippen LogP contribution in [0.1, 0.15) is 48.7 Å². The van der Waals surface area contributed by atoms with Gasteiger partial charge in [-0.2, -0.15) is 0 Å². The number of Topliss-reactive ketones (excluding diaryl/α,β-unsaturated/α-hetero) is 1. The molecule has 0 atom stereocenters. The Bertz CT molecular complexity index is 336. The Kier molecular flexibility index (Phi) is 7.73. The van der Waals surface area contributed by atoms with E-state index >= 15 is 0 Å². The van der Waals surface area contributed by atoms with E-state index in [1.54, 1.807) is 0 Å². The van der Waals surface area contributed by atoms with Gasteiger partial charge < -0.3 is 4.74 Å². The van der Waals surface area contributed by atoms with Gasteiger partial charge in [-0.05, 0) is 33.8 Å². The third kappa shape index (κ3) is 5.80. The molecule has 0 saturated heterocycles. The summed E-state index contributed by atoms with van der Waals surface area (Å²) in [5.74, 6) is 0.0698. The molecular weight excluding hydrogens is 300 g/mol. The van der Waals surface area contributed by atoms with Crippen molar-refractivity contribution in [1.29, 1.82) is 0 Å². The fraction of sp³-hybridized carbons (Fsp3) is 0.615. The van der Waals surface area contributed by atoms with Crippen LogP contribution >= 0.6 is 27.3 Å². The summed E-state index contributed by atoms with van der Waals surface area (Å²) in [4.78, 5) is 12.5. The fourth-order valence-corrected chi connectivity index (χ4v) is 3.05. The highest BCUT2D eigenvalue weighted by Gasteiger charge is 2.11. The molecule has 2 nitrogen and oxygen atoms in total. The van der Waals surface area contributed by atoms with Crippen molar-refractivity contribution < 1.29 is 9.53 Å². The van der Waals surface area contributed by atoms with Crippen LogP contribution in [0.4, 0.5) is 0 Å². The van der Waals surface area contributed by atoms with Gasteiger partial charge >= 0.3 is 0 Å². The second-order valence-electron chi connectivity index (χ2n) is 3.99. The molecule has 0 bridgehead atoms. The van der Waals surface area contributed by atoms with Crippen LogP contribution in [0.15, 0.2) is 15.9 Å². The average Bonchev–Trinajstić information content (AvgIpc) is 2.74. The molecule has 0 radical (unpaired) electrons. The number of halogens is 1. The number of carbonyl (C=O) groups is 1. The maximum absolute atomic E-state index is 11.7. The first-order valence-electron chi connectivity index (χ1n) is 6.09. The molecular formula is C13H19BrO2S. The zero-order valence-corrected chi connectivity index (χ0v) is 12.6. The van der Waals surface area contributed by atoms with Crippen molar-refractivity contribution in [2.45, 2.75) is 39.0 Å². The van der Waals surface area contributed by atoms with Gasteiger partial charge in [0.25, 0.3) is 0 Å². The molecule has 96 valence electrons. The van der Waals surface area contributed by atoms with Crippen molar-refractivity contribution in [2.24, 2.45) is 0 Å². The summed E-state index contributed by atoms with van der Waals surface area (Å²) in [5, 5.41) is 1.90. The molecule has 1 aromatic rings. The van der Waals surface area contributed by atoms with Crippen LogP contribution < -0.4 is 0 Å². The summed E-state index contributed by atoms with van der Waals surface area (Å²) in [6, 6.07) is 1.89. The third-order valence-corrected chi connectivity index (χ3v) is 4.37. The van der Waals surface area contributed by atoms with E-state index in [9.17, 15) is 4.79 Å². The fourth-order valence-electron chi connectivity index (χ4n) is 1.53. The lowest BCUT2D eigenvalue weighted by molar-refractivity contribution is 0.0755. The molecule has 0 unspecified atom stereocenters. The normalized spacial score (nSPS) is 10.7. The molecule has 0 amide bonds. The molecule has 0 N–H and O–H groups in total. The van der Waals surface area contributed by atoms with E-state index in [4.69, 9.17) is 4.74 Å². The van der Waals surface area contributed by atoms with E-state index in [0.29, 0.717) is 6.61 Å². The van der Waals surface area contributed by atoms with E-state index in [-0.39, 0.29) is 12.4 Å². The Morgan fingerprint density at radius 1 is 1.35 bits per heavy atom. The summed E-state index contributed by atoms with van der Waals surface area (Å²) < 4.78 is 6.26. The summed E-state index contributed by atoms with van der Waals surface area (Å²) >= 11 is 4.81. The first-order chi connectivity index (χ1) is 8.25. The predicted molar refractivity (Wildman–Crippen MR) is 75.9 cm³/mol. The first-order valence-corrected chi connectivity index (χ1v) is 7.77. The lowest BCUT2D eigenvalue weighted by Crippen LogP contribution is -2.08. The smallest absolute Gasteiger partial charge is 0.199 e. The standard InChI is InChI=1S/C13H19BrO2S/c1-2-3-4-5-6-8-16-10-12(15)13-11(14)7-9-17-13/h7,9H,2-6,8,10H2,1H3. The number of thiophene rings is 1. The van der Waals surface area contributed by atoms with E-state index in [0.717, 1.165) is 15.8 Å². The molecule has 0 fully saturated rings. The van der Waals surface area contributed by atoms with Crippen LogP contribution in [0.25, 0.3) is 0 Å². The predicted octanol–water partition coefficient (Wildman–Crippen LogP) is 4.68. The number of unbranched alkanes of at least 4 members (excludes halogenated alkanes) is 4. The Morgan fingerprint density at radius 3 is 2.76 bits per heavy atom. The largest absolute Gasteiger partial charge is 0.373 e. The van der Waals surface area contributed by atoms with Crippen molar-refractivity contribution in [3.63, 3.8) is 0 Å². The first kappa shape index (κ1) is 14.9. The number of rotatable bonds is 9. The van der Waals surface area contributed by atoms with Gasteiger partial charge in [-0.1, -0.05) is 32.6 Å². The molecule has 1 rings (SSSR count). The summed E-state index contributed by atoms with van der Waals surface area (Å²) in [6.07, 6.45) is 6.07. The quantitative estimate of drug-likeness (QED) is 0.488. The van der Waals surface area contributed by atoms with Crippen LogP contribution in [0, 0.1) is 0 Å². The summed E-state index contributed by atoms with van der Waals surface area (Å²) in [7, 11) is 0. The molecule has 17 heavy (non-hydrogen) atoms. The second-order valence-corrected chi connectivity index (χ2v) is 5.76. The van der Waals surface area contributed by atoms with Gasteiger partial charge in [-0.3, -0.25) is 4.79 Å². The minimum atomic E-state index is 0.0698. The Hall–Kier alpha value is -0.190. The van der Waals surface area contributed by atoms with E-state index in [1.165, 1.54) is 37.0 Å². The SMILES string of the molecule is CCCCCCCOCC(=O)c1sccc1Br. The topological polar surface area (TPSA) is 26.3 Å². The maximum Gasteiger partial charge on any atom is 0.199 e.